The zero-order chi connectivity index (χ0) is 13.6. The van der Waals surface area contributed by atoms with E-state index in [0.717, 1.165) is 37.8 Å². The molecule has 1 aliphatic carbocycles. The predicted molar refractivity (Wildman–Crippen MR) is 73.8 cm³/mol. The van der Waals surface area contributed by atoms with Crippen LogP contribution in [-0.4, -0.2) is 25.4 Å². The van der Waals surface area contributed by atoms with Crippen LogP contribution in [0.15, 0.2) is 30.3 Å². The van der Waals surface area contributed by atoms with Crippen LogP contribution in [-0.2, 0) is 14.3 Å². The Labute approximate surface area is 114 Å². The second-order valence-corrected chi connectivity index (χ2v) is 4.93. The number of para-hydroxylation sites is 1. The molecule has 0 atom stereocenters. The van der Waals surface area contributed by atoms with Crippen molar-refractivity contribution in [1.82, 2.24) is 0 Å². The van der Waals surface area contributed by atoms with Gasteiger partial charge < -0.3 is 14.8 Å². The van der Waals surface area contributed by atoms with Gasteiger partial charge in [-0.2, -0.15) is 0 Å². The van der Waals surface area contributed by atoms with Gasteiger partial charge in [0.2, 0.25) is 0 Å². The Morgan fingerprint density at radius 2 is 1.89 bits per heavy atom. The van der Waals surface area contributed by atoms with Crippen LogP contribution in [0.1, 0.15) is 32.1 Å². The molecule has 0 unspecified atom stereocenters. The highest BCUT2D eigenvalue weighted by Crippen LogP contribution is 2.32. The van der Waals surface area contributed by atoms with Crippen LogP contribution in [0.5, 0.6) is 0 Å². The molecule has 1 saturated carbocycles. The molecule has 0 heterocycles. The summed E-state index contributed by atoms with van der Waals surface area (Å²) in [6.07, 6.45) is 4.72. The highest BCUT2D eigenvalue weighted by atomic mass is 16.7. The normalized spacial score (nSPS) is 17.9. The SMILES string of the molecule is COCOC1(C(=O)Nc2ccccc2)CCCCC1. The number of ether oxygens (including phenoxy) is 2. The number of rotatable bonds is 5. The molecule has 4 heteroatoms. The molecule has 0 radical (unpaired) electrons. The van der Waals surface area contributed by atoms with E-state index in [9.17, 15) is 4.79 Å². The third-order valence-corrected chi connectivity index (χ3v) is 3.56. The highest BCUT2D eigenvalue weighted by molar-refractivity contribution is 5.97. The molecular weight excluding hydrogens is 242 g/mol. The average Bonchev–Trinajstić information content (AvgIpc) is 2.47. The molecule has 104 valence electrons. The van der Waals surface area contributed by atoms with E-state index < -0.39 is 5.60 Å². The number of benzene rings is 1. The lowest BCUT2D eigenvalue weighted by Gasteiger charge is -2.35. The van der Waals surface area contributed by atoms with E-state index in [1.54, 1.807) is 7.11 Å². The van der Waals surface area contributed by atoms with Gasteiger partial charge in [0.05, 0.1) is 0 Å². The lowest BCUT2D eigenvalue weighted by Crippen LogP contribution is -2.47. The summed E-state index contributed by atoms with van der Waals surface area (Å²) in [5, 5.41) is 2.94. The van der Waals surface area contributed by atoms with E-state index >= 15 is 0 Å². The number of amides is 1. The summed E-state index contributed by atoms with van der Waals surface area (Å²) in [6.45, 7) is 0.155. The van der Waals surface area contributed by atoms with Gasteiger partial charge >= 0.3 is 0 Å². The van der Waals surface area contributed by atoms with E-state index in [1.165, 1.54) is 0 Å². The van der Waals surface area contributed by atoms with Crippen LogP contribution < -0.4 is 5.32 Å². The van der Waals surface area contributed by atoms with E-state index in [0.29, 0.717) is 0 Å². The first-order valence-corrected chi connectivity index (χ1v) is 6.76. The van der Waals surface area contributed by atoms with Gasteiger partial charge in [-0.3, -0.25) is 4.79 Å². The number of anilines is 1. The lowest BCUT2D eigenvalue weighted by molar-refractivity contribution is -0.167. The molecule has 19 heavy (non-hydrogen) atoms. The summed E-state index contributed by atoms with van der Waals surface area (Å²) >= 11 is 0. The maximum absolute atomic E-state index is 12.5. The van der Waals surface area contributed by atoms with E-state index in [4.69, 9.17) is 9.47 Å². The molecule has 1 N–H and O–H groups in total. The molecule has 1 amide bonds. The minimum Gasteiger partial charge on any atom is -0.359 e. The smallest absolute Gasteiger partial charge is 0.256 e. The molecule has 0 aliphatic heterocycles. The summed E-state index contributed by atoms with van der Waals surface area (Å²) < 4.78 is 10.7. The van der Waals surface area contributed by atoms with E-state index in [-0.39, 0.29) is 12.7 Å². The van der Waals surface area contributed by atoms with Crippen LogP contribution in [0, 0.1) is 0 Å². The fraction of sp³-hybridized carbons (Fsp3) is 0.533. The lowest BCUT2D eigenvalue weighted by atomic mass is 9.84. The van der Waals surface area contributed by atoms with Crippen molar-refractivity contribution in [3.05, 3.63) is 30.3 Å². The Morgan fingerprint density at radius 1 is 1.21 bits per heavy atom. The predicted octanol–water partition coefficient (Wildman–Crippen LogP) is 2.95. The number of hydrogen-bond acceptors (Lipinski definition) is 3. The largest absolute Gasteiger partial charge is 0.359 e. The minimum absolute atomic E-state index is 0.0598. The molecule has 1 aromatic rings. The standard InChI is InChI=1S/C15H21NO3/c1-18-12-19-15(10-6-3-7-11-15)14(17)16-13-8-4-2-5-9-13/h2,4-5,8-9H,3,6-7,10-12H2,1H3,(H,16,17). The zero-order valence-electron chi connectivity index (χ0n) is 11.4. The third-order valence-electron chi connectivity index (χ3n) is 3.56. The van der Waals surface area contributed by atoms with E-state index in [1.807, 2.05) is 30.3 Å². The number of hydrogen-bond donors (Lipinski definition) is 1. The Bertz CT molecular complexity index is 399. The van der Waals surface area contributed by atoms with E-state index in [2.05, 4.69) is 5.32 Å². The summed E-state index contributed by atoms with van der Waals surface area (Å²) in [4.78, 5) is 12.5. The third kappa shape index (κ3) is 3.55. The van der Waals surface area contributed by atoms with Gasteiger partial charge in [0.1, 0.15) is 12.4 Å². The Morgan fingerprint density at radius 3 is 2.53 bits per heavy atom. The highest BCUT2D eigenvalue weighted by Gasteiger charge is 2.40. The van der Waals surface area contributed by atoms with Crippen molar-refractivity contribution >= 4 is 11.6 Å². The summed E-state index contributed by atoms with van der Waals surface area (Å²) in [6, 6.07) is 9.49. The van der Waals surface area contributed by atoms with Crippen molar-refractivity contribution in [2.24, 2.45) is 0 Å². The van der Waals surface area contributed by atoms with Crippen molar-refractivity contribution in [2.45, 2.75) is 37.7 Å². The van der Waals surface area contributed by atoms with Crippen molar-refractivity contribution in [3.8, 4) is 0 Å². The topological polar surface area (TPSA) is 47.6 Å². The minimum atomic E-state index is -0.732. The number of nitrogens with one attached hydrogen (secondary N) is 1. The Kier molecular flexibility index (Phi) is 4.93. The molecule has 0 aromatic heterocycles. The molecular formula is C15H21NO3. The van der Waals surface area contributed by atoms with Gasteiger partial charge in [-0.05, 0) is 25.0 Å². The summed E-state index contributed by atoms with van der Waals surface area (Å²) in [5.74, 6) is -0.0598. The monoisotopic (exact) mass is 263 g/mol. The Hall–Kier alpha value is -1.39. The molecule has 0 spiro atoms. The molecule has 1 fully saturated rings. The molecule has 0 saturated heterocycles. The van der Waals surface area contributed by atoms with Crippen LogP contribution in [0.2, 0.25) is 0 Å². The van der Waals surface area contributed by atoms with Crippen molar-refractivity contribution in [1.29, 1.82) is 0 Å². The fourth-order valence-electron chi connectivity index (χ4n) is 2.50. The molecule has 1 aliphatic rings. The summed E-state index contributed by atoms with van der Waals surface area (Å²) in [5.41, 5.74) is 0.0721. The quantitative estimate of drug-likeness (QED) is 0.831. The molecule has 4 nitrogen and oxygen atoms in total. The second-order valence-electron chi connectivity index (χ2n) is 4.93. The number of methoxy groups -OCH3 is 1. The first-order valence-electron chi connectivity index (χ1n) is 6.76. The van der Waals surface area contributed by atoms with Gasteiger partial charge in [0.25, 0.3) is 5.91 Å². The number of carbonyl (C=O) groups excluding carboxylic acids is 1. The average molecular weight is 263 g/mol. The van der Waals surface area contributed by atoms with Crippen molar-refractivity contribution in [2.75, 3.05) is 19.2 Å². The van der Waals surface area contributed by atoms with Gasteiger partial charge in [-0.1, -0.05) is 37.5 Å². The fourth-order valence-corrected chi connectivity index (χ4v) is 2.50. The Balaban J connectivity index is 2.06. The first kappa shape index (κ1) is 14.0. The van der Waals surface area contributed by atoms with Crippen molar-refractivity contribution < 1.29 is 14.3 Å². The van der Waals surface area contributed by atoms with Gasteiger partial charge in [-0.15, -0.1) is 0 Å². The van der Waals surface area contributed by atoms with Crippen LogP contribution in [0.25, 0.3) is 0 Å². The molecule has 1 aromatic carbocycles. The number of carbonyl (C=O) groups is 1. The second kappa shape index (κ2) is 6.68. The van der Waals surface area contributed by atoms with Gasteiger partial charge in [0.15, 0.2) is 0 Å². The first-order chi connectivity index (χ1) is 9.27. The van der Waals surface area contributed by atoms with Crippen LogP contribution >= 0.6 is 0 Å². The zero-order valence-corrected chi connectivity index (χ0v) is 11.4. The summed E-state index contributed by atoms with van der Waals surface area (Å²) in [7, 11) is 1.58. The van der Waals surface area contributed by atoms with Gasteiger partial charge in [-0.25, -0.2) is 0 Å². The van der Waals surface area contributed by atoms with Crippen LogP contribution in [0.3, 0.4) is 0 Å². The maximum Gasteiger partial charge on any atom is 0.256 e. The molecule has 2 rings (SSSR count). The maximum atomic E-state index is 12.5. The van der Waals surface area contributed by atoms with Gasteiger partial charge in [0, 0.05) is 12.8 Å². The molecule has 0 bridgehead atoms. The van der Waals surface area contributed by atoms with Crippen LogP contribution in [0.4, 0.5) is 5.69 Å². The van der Waals surface area contributed by atoms with Crippen molar-refractivity contribution in [3.63, 3.8) is 0 Å².